The Morgan fingerprint density at radius 2 is 1.87 bits per heavy atom. The van der Waals surface area contributed by atoms with E-state index in [0.29, 0.717) is 36.5 Å². The Balaban J connectivity index is 1.55. The first kappa shape index (κ1) is 22.4. The third kappa shape index (κ3) is 3.48. The molecular weight excluding hydrogens is 372 g/mol. The lowest BCUT2D eigenvalue weighted by Gasteiger charge is -2.57. The van der Waals surface area contributed by atoms with Gasteiger partial charge in [-0.15, -0.1) is 0 Å². The standard InChI is InChI=1S/C27H44O3/c1-17(2)6-5-7-18(3)22-10-11-23-21-9-8-19-16-20(28)12-15-27(19,25(29)30)24(21)13-14-26(22,23)4/h8,17-18,20-24,28H,5-7,9-16H2,1-4H3,(H,29,30)/t18-,20+,21+,22-,23+,24+,26-,27-/m0/s1. The highest BCUT2D eigenvalue weighted by Gasteiger charge is 2.62. The van der Waals surface area contributed by atoms with Crippen molar-refractivity contribution in [2.75, 3.05) is 0 Å². The molecule has 0 aliphatic heterocycles. The van der Waals surface area contributed by atoms with Gasteiger partial charge in [0.25, 0.3) is 0 Å². The highest BCUT2D eigenvalue weighted by molar-refractivity contribution is 5.80. The normalized spacial score (nSPS) is 44.1. The minimum absolute atomic E-state index is 0.274. The van der Waals surface area contributed by atoms with Gasteiger partial charge in [0, 0.05) is 0 Å². The topological polar surface area (TPSA) is 57.5 Å². The average molecular weight is 417 g/mol. The summed E-state index contributed by atoms with van der Waals surface area (Å²) in [5, 5.41) is 20.6. The predicted octanol–water partition coefficient (Wildman–Crippen LogP) is 6.45. The van der Waals surface area contributed by atoms with E-state index in [1.807, 2.05) is 0 Å². The summed E-state index contributed by atoms with van der Waals surface area (Å²) in [6.07, 6.45) is 13.7. The molecule has 4 rings (SSSR count). The molecule has 0 aromatic carbocycles. The van der Waals surface area contributed by atoms with Crippen LogP contribution < -0.4 is 0 Å². The van der Waals surface area contributed by atoms with Crippen molar-refractivity contribution in [2.24, 2.45) is 46.3 Å². The lowest BCUT2D eigenvalue weighted by atomic mass is 9.46. The Kier molecular flexibility index (Phi) is 6.16. The number of allylic oxidation sites excluding steroid dienone is 1. The van der Waals surface area contributed by atoms with E-state index in [9.17, 15) is 15.0 Å². The molecule has 0 amide bonds. The van der Waals surface area contributed by atoms with Crippen molar-refractivity contribution in [2.45, 2.75) is 104 Å². The molecule has 0 unspecified atom stereocenters. The van der Waals surface area contributed by atoms with E-state index < -0.39 is 11.4 Å². The van der Waals surface area contributed by atoms with Crippen LogP contribution in [0.15, 0.2) is 11.6 Å². The van der Waals surface area contributed by atoms with E-state index in [0.717, 1.165) is 36.2 Å². The van der Waals surface area contributed by atoms with Crippen molar-refractivity contribution in [3.05, 3.63) is 11.6 Å². The summed E-state index contributed by atoms with van der Waals surface area (Å²) in [4.78, 5) is 12.7. The molecule has 2 N–H and O–H groups in total. The molecule has 0 bridgehead atoms. The second-order valence-corrected chi connectivity index (χ2v) is 12.0. The maximum Gasteiger partial charge on any atom is 0.314 e. The first-order chi connectivity index (χ1) is 14.2. The molecule has 0 aromatic rings. The summed E-state index contributed by atoms with van der Waals surface area (Å²) in [7, 11) is 0. The number of fused-ring (bicyclic) bond motifs is 5. The Labute approximate surface area is 183 Å². The zero-order chi connectivity index (χ0) is 21.7. The second kappa shape index (κ2) is 8.26. The van der Waals surface area contributed by atoms with E-state index >= 15 is 0 Å². The van der Waals surface area contributed by atoms with Gasteiger partial charge in [-0.25, -0.2) is 0 Å². The van der Waals surface area contributed by atoms with Crippen molar-refractivity contribution >= 4 is 5.97 Å². The molecule has 0 saturated heterocycles. The molecule has 3 saturated carbocycles. The van der Waals surface area contributed by atoms with Gasteiger partial charge in [-0.05, 0) is 92.3 Å². The number of hydrogen-bond acceptors (Lipinski definition) is 2. The van der Waals surface area contributed by atoms with Gasteiger partial charge in [-0.3, -0.25) is 4.79 Å². The molecule has 3 nitrogen and oxygen atoms in total. The van der Waals surface area contributed by atoms with Crippen LogP contribution in [0.1, 0.15) is 98.3 Å². The van der Waals surface area contributed by atoms with Crippen LogP contribution >= 0.6 is 0 Å². The Morgan fingerprint density at radius 3 is 2.57 bits per heavy atom. The second-order valence-electron chi connectivity index (χ2n) is 12.0. The Morgan fingerprint density at radius 1 is 1.10 bits per heavy atom. The van der Waals surface area contributed by atoms with E-state index in [1.54, 1.807) is 0 Å². The minimum Gasteiger partial charge on any atom is -0.481 e. The van der Waals surface area contributed by atoms with Gasteiger partial charge < -0.3 is 10.2 Å². The number of carbonyl (C=O) groups is 1. The third-order valence-electron chi connectivity index (χ3n) is 10.2. The molecule has 170 valence electrons. The summed E-state index contributed by atoms with van der Waals surface area (Å²) >= 11 is 0. The Bertz CT molecular complexity index is 682. The monoisotopic (exact) mass is 416 g/mol. The van der Waals surface area contributed by atoms with Crippen LogP contribution in [-0.2, 0) is 4.79 Å². The van der Waals surface area contributed by atoms with Crippen molar-refractivity contribution in [3.8, 4) is 0 Å². The summed E-state index contributed by atoms with van der Waals surface area (Å²) in [6, 6.07) is 0. The van der Waals surface area contributed by atoms with Crippen LogP contribution in [0.25, 0.3) is 0 Å². The summed E-state index contributed by atoms with van der Waals surface area (Å²) in [5.41, 5.74) is 0.748. The summed E-state index contributed by atoms with van der Waals surface area (Å²) in [6.45, 7) is 9.70. The predicted molar refractivity (Wildman–Crippen MR) is 121 cm³/mol. The maximum atomic E-state index is 12.7. The lowest BCUT2D eigenvalue weighted by molar-refractivity contribution is -0.160. The molecule has 3 fully saturated rings. The van der Waals surface area contributed by atoms with Gasteiger partial charge in [0.2, 0.25) is 0 Å². The van der Waals surface area contributed by atoms with E-state index in [1.165, 1.54) is 38.5 Å². The van der Waals surface area contributed by atoms with Crippen LogP contribution in [0, 0.1) is 46.3 Å². The van der Waals surface area contributed by atoms with Gasteiger partial charge in [-0.1, -0.05) is 58.6 Å². The largest absolute Gasteiger partial charge is 0.481 e. The van der Waals surface area contributed by atoms with E-state index in [2.05, 4.69) is 33.8 Å². The Hall–Kier alpha value is -0.830. The van der Waals surface area contributed by atoms with E-state index in [-0.39, 0.29) is 12.0 Å². The fourth-order valence-electron chi connectivity index (χ4n) is 8.72. The van der Waals surface area contributed by atoms with Gasteiger partial charge in [0.15, 0.2) is 0 Å². The van der Waals surface area contributed by atoms with Gasteiger partial charge in [0.05, 0.1) is 11.5 Å². The number of aliphatic hydroxyl groups is 1. The first-order valence-corrected chi connectivity index (χ1v) is 12.8. The van der Waals surface area contributed by atoms with Gasteiger partial charge >= 0.3 is 5.97 Å². The molecular formula is C27H44O3. The summed E-state index contributed by atoms with van der Waals surface area (Å²) < 4.78 is 0. The first-order valence-electron chi connectivity index (χ1n) is 12.8. The number of aliphatic hydroxyl groups excluding tert-OH is 1. The minimum atomic E-state index is -0.690. The molecule has 0 aromatic heterocycles. The molecule has 4 aliphatic carbocycles. The highest BCUT2D eigenvalue weighted by Crippen LogP contribution is 2.67. The molecule has 4 aliphatic rings. The van der Waals surface area contributed by atoms with Crippen molar-refractivity contribution < 1.29 is 15.0 Å². The van der Waals surface area contributed by atoms with E-state index in [4.69, 9.17) is 0 Å². The molecule has 8 atom stereocenters. The van der Waals surface area contributed by atoms with Crippen molar-refractivity contribution in [1.82, 2.24) is 0 Å². The SMILES string of the molecule is CC(C)CCC[C@H](C)[C@@H]1CC[C@@H]2[C@H]3CC=C4C[C@H](O)CC[C@@]4(C(=O)O)[C@@H]3CC[C@]21C. The van der Waals surface area contributed by atoms with Crippen LogP contribution in [0.4, 0.5) is 0 Å². The number of carboxylic acid groups (broad SMARTS) is 1. The maximum absolute atomic E-state index is 12.7. The lowest BCUT2D eigenvalue weighted by Crippen LogP contribution is -2.54. The van der Waals surface area contributed by atoms with Crippen LogP contribution in [-0.4, -0.2) is 22.3 Å². The number of aliphatic carboxylic acids is 1. The molecule has 0 spiro atoms. The van der Waals surface area contributed by atoms with Crippen LogP contribution in [0.2, 0.25) is 0 Å². The van der Waals surface area contributed by atoms with Gasteiger partial charge in [-0.2, -0.15) is 0 Å². The zero-order valence-electron chi connectivity index (χ0n) is 19.7. The van der Waals surface area contributed by atoms with Crippen molar-refractivity contribution in [1.29, 1.82) is 0 Å². The van der Waals surface area contributed by atoms with Crippen LogP contribution in [0.3, 0.4) is 0 Å². The highest BCUT2D eigenvalue weighted by atomic mass is 16.4. The molecule has 0 radical (unpaired) electrons. The average Bonchev–Trinajstić information content (AvgIpc) is 3.04. The molecule has 0 heterocycles. The number of rotatable bonds is 6. The van der Waals surface area contributed by atoms with Gasteiger partial charge in [0.1, 0.15) is 0 Å². The third-order valence-corrected chi connectivity index (χ3v) is 10.2. The molecule has 3 heteroatoms. The summed E-state index contributed by atoms with van der Waals surface area (Å²) in [5.74, 6) is 3.23. The number of carboxylic acids is 1. The quantitative estimate of drug-likeness (QED) is 0.489. The zero-order valence-corrected chi connectivity index (χ0v) is 19.7. The fourth-order valence-corrected chi connectivity index (χ4v) is 8.72. The fraction of sp³-hybridized carbons (Fsp3) is 0.889. The number of hydrogen-bond donors (Lipinski definition) is 2. The van der Waals surface area contributed by atoms with Crippen molar-refractivity contribution in [3.63, 3.8) is 0 Å². The van der Waals surface area contributed by atoms with Crippen LogP contribution in [0.5, 0.6) is 0 Å². The smallest absolute Gasteiger partial charge is 0.314 e. The molecule has 30 heavy (non-hydrogen) atoms.